The second-order valence-electron chi connectivity index (χ2n) is 13.4. The number of Topliss-reactive ketones (excluding diaryl/α,β-unsaturated/α-hetero) is 1. The Labute approximate surface area is 357 Å². The van der Waals surface area contributed by atoms with Crippen LogP contribution in [-0.4, -0.2) is 84.9 Å². The molecule has 332 valence electrons. The number of aliphatic hydroxyl groups is 1. The number of rotatable bonds is 23. The van der Waals surface area contributed by atoms with E-state index in [4.69, 9.17) is 34.0 Å². The SMILES string of the molecule is C=CCCCCCC(=O)Oc1ccc(C(=O)OC2COC3CCOC32)cc1.C=CONOCCCCCC(C)=O.CCCCO.CCCc1ccc(C(=O)O)cc1.CS. The fraction of sp³-hybridized carbons (Fsp3) is 0.556. The number of unbranched alkanes of at least 4 members (excludes halogenated alkanes) is 6. The van der Waals surface area contributed by atoms with Crippen LogP contribution in [0.15, 0.2) is 74.0 Å². The summed E-state index contributed by atoms with van der Waals surface area (Å²) >= 11 is 3.53. The van der Waals surface area contributed by atoms with Gasteiger partial charge in [-0.05, 0) is 112 Å². The van der Waals surface area contributed by atoms with Gasteiger partial charge in [0.05, 0.1) is 30.4 Å². The van der Waals surface area contributed by atoms with E-state index in [1.807, 2.05) is 18.2 Å². The minimum atomic E-state index is -0.863. The first kappa shape index (κ1) is 55.0. The molecule has 3 N–H and O–H groups in total. The van der Waals surface area contributed by atoms with E-state index < -0.39 is 11.9 Å². The molecule has 14 heteroatoms. The minimum Gasteiger partial charge on any atom is -0.478 e. The molecule has 4 rings (SSSR count). The number of aromatic carboxylic acids is 1. The van der Waals surface area contributed by atoms with Crippen LogP contribution < -0.4 is 10.4 Å². The summed E-state index contributed by atoms with van der Waals surface area (Å²) in [7, 11) is 0. The van der Waals surface area contributed by atoms with Crippen LogP contribution in [0.5, 0.6) is 5.75 Å². The monoisotopic (exact) mass is 847 g/mol. The van der Waals surface area contributed by atoms with Crippen LogP contribution in [0.3, 0.4) is 0 Å². The first-order valence-corrected chi connectivity index (χ1v) is 21.4. The zero-order chi connectivity index (χ0) is 44.1. The fourth-order valence-corrected chi connectivity index (χ4v) is 5.41. The minimum absolute atomic E-state index is 0.0290. The molecular formula is C45H69NO12S. The number of nitrogens with one attached hydrogen (secondary N) is 1. The van der Waals surface area contributed by atoms with Crippen LogP contribution in [0.2, 0.25) is 0 Å². The lowest BCUT2D eigenvalue weighted by Crippen LogP contribution is -2.32. The maximum absolute atomic E-state index is 12.3. The van der Waals surface area contributed by atoms with Gasteiger partial charge < -0.3 is 38.8 Å². The number of carbonyl (C=O) groups excluding carboxylic acids is 3. The van der Waals surface area contributed by atoms with Gasteiger partial charge in [0.25, 0.3) is 0 Å². The van der Waals surface area contributed by atoms with E-state index in [1.54, 1.807) is 49.6 Å². The van der Waals surface area contributed by atoms with Gasteiger partial charge >= 0.3 is 17.9 Å². The highest BCUT2D eigenvalue weighted by molar-refractivity contribution is 7.79. The second kappa shape index (κ2) is 37.0. The number of ketones is 1. The first-order valence-electron chi connectivity index (χ1n) is 20.5. The molecule has 3 unspecified atom stereocenters. The summed E-state index contributed by atoms with van der Waals surface area (Å²) in [6.07, 6.45) is 17.0. The molecule has 2 aliphatic heterocycles. The zero-order valence-corrected chi connectivity index (χ0v) is 36.5. The van der Waals surface area contributed by atoms with E-state index in [9.17, 15) is 19.2 Å². The van der Waals surface area contributed by atoms with Gasteiger partial charge in [0.15, 0.2) is 6.10 Å². The van der Waals surface area contributed by atoms with Crippen molar-refractivity contribution in [1.29, 1.82) is 0 Å². The molecular weight excluding hydrogens is 779 g/mol. The van der Waals surface area contributed by atoms with E-state index in [-0.39, 0.29) is 30.1 Å². The Bertz CT molecular complexity index is 1420. The summed E-state index contributed by atoms with van der Waals surface area (Å²) in [6.45, 7) is 14.7. The molecule has 3 atom stereocenters. The van der Waals surface area contributed by atoms with E-state index in [1.165, 1.54) is 11.8 Å². The molecule has 2 saturated heterocycles. The van der Waals surface area contributed by atoms with E-state index in [0.29, 0.717) is 56.1 Å². The van der Waals surface area contributed by atoms with Gasteiger partial charge in [-0.25, -0.2) is 9.59 Å². The molecule has 13 nitrogen and oxygen atoms in total. The third-order valence-corrected chi connectivity index (χ3v) is 8.51. The number of ether oxygens (including phenoxy) is 4. The van der Waals surface area contributed by atoms with Crippen molar-refractivity contribution in [2.24, 2.45) is 0 Å². The number of carbonyl (C=O) groups is 4. The number of fused-ring (bicyclic) bond motifs is 1. The number of hydrogen-bond acceptors (Lipinski definition) is 13. The Kier molecular flexibility index (Phi) is 34.4. The predicted octanol–water partition coefficient (Wildman–Crippen LogP) is 8.84. The number of thiol groups is 1. The highest BCUT2D eigenvalue weighted by Gasteiger charge is 2.44. The Balaban J connectivity index is 0.000000878. The summed E-state index contributed by atoms with van der Waals surface area (Å²) < 4.78 is 22.0. The number of aryl methyl sites for hydroxylation is 1. The fourth-order valence-electron chi connectivity index (χ4n) is 5.41. The standard InChI is InChI=1S/C21H26O6.C10H12O2.C9H17NO3.C4H10O.CH4S/c1-2-3-4-5-6-7-19(22)26-16-10-8-15(9-11-16)21(23)27-18-14-25-17-12-13-24-20(17)18;1-2-3-8-4-6-9(7-5-8)10(11)12;1-3-12-10-13-8-6-4-5-7-9(2)11;1-2-3-4-5;1-2/h2,8-11,17-18,20H,1,3-7,12-14H2;4-7H,2-3H2,1H3,(H,11,12);3,10H,1,4-8H2,2H3;5H,2-4H2,1H3;2H,1H3. The number of benzene rings is 2. The Morgan fingerprint density at radius 1 is 0.864 bits per heavy atom. The quantitative estimate of drug-likeness (QED) is 0.0159. The molecule has 0 amide bonds. The molecule has 0 bridgehead atoms. The van der Waals surface area contributed by atoms with Crippen LogP contribution in [0.1, 0.15) is 131 Å². The summed E-state index contributed by atoms with van der Waals surface area (Å²) in [5.41, 5.74) is 4.21. The average molecular weight is 848 g/mol. The third kappa shape index (κ3) is 27.4. The molecule has 0 aromatic heterocycles. The van der Waals surface area contributed by atoms with Crippen molar-refractivity contribution in [3.63, 3.8) is 0 Å². The molecule has 0 radical (unpaired) electrons. The summed E-state index contributed by atoms with van der Waals surface area (Å²) in [5.74, 6) is -0.894. The maximum atomic E-state index is 12.3. The molecule has 59 heavy (non-hydrogen) atoms. The van der Waals surface area contributed by atoms with Crippen molar-refractivity contribution in [2.45, 2.75) is 129 Å². The van der Waals surface area contributed by atoms with Crippen LogP contribution in [-0.2, 0) is 39.9 Å². The van der Waals surface area contributed by atoms with Crippen LogP contribution in [0, 0.1) is 0 Å². The van der Waals surface area contributed by atoms with Crippen LogP contribution >= 0.6 is 12.6 Å². The molecule has 0 spiro atoms. The highest BCUT2D eigenvalue weighted by atomic mass is 32.1. The van der Waals surface area contributed by atoms with Gasteiger partial charge in [0.2, 0.25) is 0 Å². The van der Waals surface area contributed by atoms with Crippen molar-refractivity contribution in [1.82, 2.24) is 5.64 Å². The van der Waals surface area contributed by atoms with Crippen LogP contribution in [0.25, 0.3) is 0 Å². The van der Waals surface area contributed by atoms with Gasteiger partial charge in [-0.15, -0.1) is 6.58 Å². The number of carboxylic acid groups (broad SMARTS) is 1. The Morgan fingerprint density at radius 3 is 2.10 bits per heavy atom. The van der Waals surface area contributed by atoms with Crippen molar-refractivity contribution in [3.8, 4) is 5.75 Å². The molecule has 2 heterocycles. The van der Waals surface area contributed by atoms with Crippen molar-refractivity contribution < 1.29 is 58.0 Å². The number of hydrogen-bond donors (Lipinski definition) is 4. The van der Waals surface area contributed by atoms with Crippen LogP contribution in [0.4, 0.5) is 0 Å². The normalized spacial score (nSPS) is 15.7. The van der Waals surface area contributed by atoms with Gasteiger partial charge in [0.1, 0.15) is 23.9 Å². The molecule has 2 fully saturated rings. The maximum Gasteiger partial charge on any atom is 0.338 e. The van der Waals surface area contributed by atoms with Gasteiger partial charge in [-0.2, -0.15) is 12.6 Å². The first-order chi connectivity index (χ1) is 28.6. The third-order valence-electron chi connectivity index (χ3n) is 8.51. The van der Waals surface area contributed by atoms with Gasteiger partial charge in [0, 0.05) is 26.1 Å². The molecule has 2 aromatic rings. The second-order valence-corrected chi connectivity index (χ2v) is 13.4. The summed E-state index contributed by atoms with van der Waals surface area (Å²) in [6, 6.07) is 13.4. The summed E-state index contributed by atoms with van der Waals surface area (Å²) in [5, 5.41) is 16.7. The molecule has 2 aromatic carbocycles. The number of allylic oxidation sites excluding steroid dienone is 1. The lowest BCUT2D eigenvalue weighted by molar-refractivity contribution is -0.134. The average Bonchev–Trinajstić information content (AvgIpc) is 3.86. The predicted molar refractivity (Wildman–Crippen MR) is 232 cm³/mol. The number of aliphatic hydroxyl groups excluding tert-OH is 1. The van der Waals surface area contributed by atoms with Crippen molar-refractivity contribution >= 4 is 36.3 Å². The molecule has 0 saturated carbocycles. The van der Waals surface area contributed by atoms with E-state index in [2.05, 4.69) is 50.1 Å². The lowest BCUT2D eigenvalue weighted by Gasteiger charge is -2.16. The Morgan fingerprint density at radius 2 is 1.53 bits per heavy atom. The Hall–Kier alpha value is -4.05. The van der Waals surface area contributed by atoms with Crippen molar-refractivity contribution in [3.05, 3.63) is 90.7 Å². The number of esters is 2. The number of carboxylic acids is 1. The largest absolute Gasteiger partial charge is 0.478 e. The smallest absolute Gasteiger partial charge is 0.338 e. The topological polar surface area (TPSA) is 176 Å². The zero-order valence-electron chi connectivity index (χ0n) is 35.6. The molecule has 2 aliphatic rings. The molecule has 0 aliphatic carbocycles. The summed E-state index contributed by atoms with van der Waals surface area (Å²) in [4.78, 5) is 54.5. The van der Waals surface area contributed by atoms with Crippen molar-refractivity contribution in [2.75, 3.05) is 32.7 Å². The van der Waals surface area contributed by atoms with Gasteiger partial charge in [-0.1, -0.05) is 64.3 Å². The lowest BCUT2D eigenvalue weighted by atomic mass is 10.1. The van der Waals surface area contributed by atoms with E-state index >= 15 is 0 Å². The van der Waals surface area contributed by atoms with Gasteiger partial charge in [-0.3, -0.25) is 9.63 Å². The highest BCUT2D eigenvalue weighted by Crippen LogP contribution is 2.29. The van der Waals surface area contributed by atoms with E-state index in [0.717, 1.165) is 77.0 Å².